The third kappa shape index (κ3) is 6.02. The highest BCUT2D eigenvalue weighted by molar-refractivity contribution is 7.09. The molecule has 0 radical (unpaired) electrons. The van der Waals surface area contributed by atoms with Gasteiger partial charge in [0, 0.05) is 31.6 Å². The number of likely N-dealkylation sites (N-methyl/N-ethyl adjacent to an activating group) is 1. The van der Waals surface area contributed by atoms with Gasteiger partial charge in [0.1, 0.15) is 5.01 Å². The van der Waals surface area contributed by atoms with Crippen LogP contribution in [0.1, 0.15) is 44.3 Å². The van der Waals surface area contributed by atoms with E-state index in [-0.39, 0.29) is 0 Å². The maximum absolute atomic E-state index is 5.73. The molecule has 1 saturated heterocycles. The molecule has 1 aliphatic rings. The third-order valence-electron chi connectivity index (χ3n) is 3.75. The van der Waals surface area contributed by atoms with Crippen molar-refractivity contribution in [1.29, 1.82) is 0 Å². The van der Waals surface area contributed by atoms with Crippen LogP contribution in [-0.2, 0) is 17.8 Å². The molecule has 0 aromatic carbocycles. The number of hydrogen-bond acceptors (Lipinski definition) is 5. The molecule has 1 unspecified atom stereocenters. The van der Waals surface area contributed by atoms with Crippen molar-refractivity contribution in [3.8, 4) is 0 Å². The third-order valence-corrected chi connectivity index (χ3v) is 4.64. The summed E-state index contributed by atoms with van der Waals surface area (Å²) in [4.78, 5) is 7.18. The first-order valence-electron chi connectivity index (χ1n) is 8.15. The lowest BCUT2D eigenvalue weighted by Crippen LogP contribution is -2.31. The highest BCUT2D eigenvalue weighted by Gasteiger charge is 2.19. The van der Waals surface area contributed by atoms with E-state index >= 15 is 0 Å². The first kappa shape index (κ1) is 16.9. The van der Waals surface area contributed by atoms with Crippen LogP contribution in [0.3, 0.4) is 0 Å². The van der Waals surface area contributed by atoms with Gasteiger partial charge in [-0.3, -0.25) is 4.90 Å². The van der Waals surface area contributed by atoms with Crippen molar-refractivity contribution in [2.75, 3.05) is 26.2 Å². The maximum Gasteiger partial charge on any atom is 0.107 e. The summed E-state index contributed by atoms with van der Waals surface area (Å²) in [6, 6.07) is 0. The van der Waals surface area contributed by atoms with E-state index in [1.54, 1.807) is 11.3 Å². The van der Waals surface area contributed by atoms with E-state index in [4.69, 9.17) is 9.72 Å². The molecule has 1 aliphatic heterocycles. The summed E-state index contributed by atoms with van der Waals surface area (Å²) in [6.45, 7) is 12.6. The lowest BCUT2D eigenvalue weighted by Gasteiger charge is -2.22. The fourth-order valence-corrected chi connectivity index (χ4v) is 3.34. The van der Waals surface area contributed by atoms with Crippen LogP contribution in [0.5, 0.6) is 0 Å². The monoisotopic (exact) mass is 311 g/mol. The summed E-state index contributed by atoms with van der Waals surface area (Å²) < 4.78 is 5.73. The predicted molar refractivity (Wildman–Crippen MR) is 88.6 cm³/mol. The Kier molecular flexibility index (Phi) is 7.10. The second kappa shape index (κ2) is 8.83. The van der Waals surface area contributed by atoms with E-state index in [0.29, 0.717) is 12.0 Å². The van der Waals surface area contributed by atoms with Gasteiger partial charge in [0.15, 0.2) is 0 Å². The Labute approximate surface area is 132 Å². The van der Waals surface area contributed by atoms with Crippen molar-refractivity contribution < 1.29 is 4.74 Å². The van der Waals surface area contributed by atoms with Crippen molar-refractivity contribution in [3.05, 3.63) is 16.1 Å². The largest absolute Gasteiger partial charge is 0.377 e. The molecule has 0 spiro atoms. The van der Waals surface area contributed by atoms with E-state index in [1.165, 1.54) is 23.5 Å². The molecule has 0 aliphatic carbocycles. The summed E-state index contributed by atoms with van der Waals surface area (Å²) in [6.07, 6.45) is 2.85. The SMILES string of the molecule is CCN(Cc1csc(CNCC(C)C)n1)CC1CCCO1. The van der Waals surface area contributed by atoms with Crippen LogP contribution in [0.25, 0.3) is 0 Å². The highest BCUT2D eigenvalue weighted by Crippen LogP contribution is 2.16. The standard InChI is InChI=1S/C16H29N3OS/c1-4-19(11-15-6-5-7-20-15)10-14-12-21-16(18-14)9-17-8-13(2)3/h12-13,15,17H,4-11H2,1-3H3. The van der Waals surface area contributed by atoms with E-state index < -0.39 is 0 Å². The van der Waals surface area contributed by atoms with Gasteiger partial charge in [0.2, 0.25) is 0 Å². The minimum atomic E-state index is 0.427. The maximum atomic E-state index is 5.73. The second-order valence-corrected chi connectivity index (χ2v) is 7.16. The number of ether oxygens (including phenoxy) is 1. The Hall–Kier alpha value is -0.490. The van der Waals surface area contributed by atoms with Crippen LogP contribution in [0, 0.1) is 5.92 Å². The van der Waals surface area contributed by atoms with Crippen molar-refractivity contribution >= 4 is 11.3 Å². The second-order valence-electron chi connectivity index (χ2n) is 6.22. The van der Waals surface area contributed by atoms with Crippen LogP contribution in [-0.4, -0.2) is 42.2 Å². The minimum Gasteiger partial charge on any atom is -0.377 e. The predicted octanol–water partition coefficient (Wildman–Crippen LogP) is 2.89. The summed E-state index contributed by atoms with van der Waals surface area (Å²) in [7, 11) is 0. The van der Waals surface area contributed by atoms with E-state index in [9.17, 15) is 0 Å². The average Bonchev–Trinajstić information content (AvgIpc) is 3.09. The molecule has 0 amide bonds. The smallest absolute Gasteiger partial charge is 0.107 e. The molecule has 4 nitrogen and oxygen atoms in total. The Morgan fingerprint density at radius 2 is 2.38 bits per heavy atom. The van der Waals surface area contributed by atoms with Crippen molar-refractivity contribution in [2.24, 2.45) is 5.92 Å². The molecule has 1 aromatic heterocycles. The Balaban J connectivity index is 1.76. The number of rotatable bonds is 9. The first-order chi connectivity index (χ1) is 10.2. The van der Waals surface area contributed by atoms with Crippen LogP contribution in [0.2, 0.25) is 0 Å². The fourth-order valence-electron chi connectivity index (χ4n) is 2.58. The summed E-state index contributed by atoms with van der Waals surface area (Å²) >= 11 is 1.76. The minimum absolute atomic E-state index is 0.427. The number of aromatic nitrogens is 1. The first-order valence-corrected chi connectivity index (χ1v) is 9.03. The molecule has 1 atom stereocenters. The fraction of sp³-hybridized carbons (Fsp3) is 0.812. The molecule has 2 heterocycles. The molecule has 1 fully saturated rings. The molecule has 1 N–H and O–H groups in total. The lowest BCUT2D eigenvalue weighted by molar-refractivity contribution is 0.0721. The number of nitrogens with zero attached hydrogens (tertiary/aromatic N) is 2. The number of hydrogen-bond donors (Lipinski definition) is 1. The molecule has 120 valence electrons. The number of thiazole rings is 1. The van der Waals surface area contributed by atoms with E-state index in [2.05, 4.69) is 36.4 Å². The summed E-state index contributed by atoms with van der Waals surface area (Å²) in [5, 5.41) is 6.85. The summed E-state index contributed by atoms with van der Waals surface area (Å²) in [5.41, 5.74) is 1.20. The average molecular weight is 311 g/mol. The van der Waals surface area contributed by atoms with Gasteiger partial charge in [-0.2, -0.15) is 0 Å². The molecule has 0 bridgehead atoms. The molecule has 0 saturated carbocycles. The Morgan fingerprint density at radius 3 is 3.05 bits per heavy atom. The van der Waals surface area contributed by atoms with Gasteiger partial charge >= 0.3 is 0 Å². The molecule has 1 aromatic rings. The van der Waals surface area contributed by atoms with Gasteiger partial charge in [-0.1, -0.05) is 20.8 Å². The van der Waals surface area contributed by atoms with Crippen LogP contribution >= 0.6 is 11.3 Å². The van der Waals surface area contributed by atoms with Crippen molar-refractivity contribution in [3.63, 3.8) is 0 Å². The van der Waals surface area contributed by atoms with Crippen molar-refractivity contribution in [1.82, 2.24) is 15.2 Å². The molecular formula is C16H29N3OS. The van der Waals surface area contributed by atoms with Crippen LogP contribution in [0.4, 0.5) is 0 Å². The van der Waals surface area contributed by atoms with Gasteiger partial charge in [0.05, 0.1) is 11.8 Å². The van der Waals surface area contributed by atoms with E-state index in [0.717, 1.165) is 39.3 Å². The van der Waals surface area contributed by atoms with Gasteiger partial charge in [-0.25, -0.2) is 4.98 Å². The van der Waals surface area contributed by atoms with Gasteiger partial charge < -0.3 is 10.1 Å². The van der Waals surface area contributed by atoms with Gasteiger partial charge in [-0.15, -0.1) is 11.3 Å². The zero-order valence-electron chi connectivity index (χ0n) is 13.6. The topological polar surface area (TPSA) is 37.4 Å². The van der Waals surface area contributed by atoms with E-state index in [1.807, 2.05) is 0 Å². The molecule has 21 heavy (non-hydrogen) atoms. The number of nitrogens with one attached hydrogen (secondary N) is 1. The Morgan fingerprint density at radius 1 is 1.52 bits per heavy atom. The quantitative estimate of drug-likeness (QED) is 0.761. The van der Waals surface area contributed by atoms with Crippen molar-refractivity contribution in [2.45, 2.75) is 52.8 Å². The van der Waals surface area contributed by atoms with Gasteiger partial charge in [0.25, 0.3) is 0 Å². The summed E-state index contributed by atoms with van der Waals surface area (Å²) in [5.74, 6) is 0.687. The highest BCUT2D eigenvalue weighted by atomic mass is 32.1. The Bertz CT molecular complexity index is 402. The zero-order chi connectivity index (χ0) is 15.1. The zero-order valence-corrected chi connectivity index (χ0v) is 14.4. The van der Waals surface area contributed by atoms with Crippen LogP contribution < -0.4 is 5.32 Å². The van der Waals surface area contributed by atoms with Gasteiger partial charge in [-0.05, 0) is 31.8 Å². The normalized spacial score (nSPS) is 19.0. The molecular weight excluding hydrogens is 282 g/mol. The van der Waals surface area contributed by atoms with Crippen LogP contribution in [0.15, 0.2) is 5.38 Å². The lowest BCUT2D eigenvalue weighted by atomic mass is 10.2. The molecule has 2 rings (SSSR count). The molecule has 5 heteroatoms.